The molecular formula is C17H25NO2. The first-order chi connectivity index (χ1) is 9.81. The van der Waals surface area contributed by atoms with E-state index in [-0.39, 0.29) is 6.10 Å². The molecule has 1 saturated heterocycles. The molecule has 1 aromatic carbocycles. The van der Waals surface area contributed by atoms with Gasteiger partial charge in [0, 0.05) is 25.8 Å². The number of hydrogen-bond acceptors (Lipinski definition) is 3. The standard InChI is InChI=1S/C17H25NO2/c1-13-3-2-4-14(11-13)17(12-18-15-5-6-15)20-16-7-9-19-10-8-16/h2-4,11,15-18H,5-10,12H2,1H3. The molecule has 20 heavy (non-hydrogen) atoms. The fourth-order valence-corrected chi connectivity index (χ4v) is 2.72. The van der Waals surface area contributed by atoms with Crippen LogP contribution in [0.15, 0.2) is 24.3 Å². The van der Waals surface area contributed by atoms with Crippen LogP contribution in [0.2, 0.25) is 0 Å². The Morgan fingerprint density at radius 3 is 2.75 bits per heavy atom. The largest absolute Gasteiger partial charge is 0.381 e. The van der Waals surface area contributed by atoms with Crippen molar-refractivity contribution in [3.63, 3.8) is 0 Å². The molecule has 1 atom stereocenters. The van der Waals surface area contributed by atoms with Gasteiger partial charge in [-0.3, -0.25) is 0 Å². The summed E-state index contributed by atoms with van der Waals surface area (Å²) in [6.07, 6.45) is 5.18. The Kier molecular flexibility index (Phi) is 4.71. The van der Waals surface area contributed by atoms with Crippen molar-refractivity contribution in [1.82, 2.24) is 5.32 Å². The summed E-state index contributed by atoms with van der Waals surface area (Å²) in [5.41, 5.74) is 2.60. The molecule has 1 N–H and O–H groups in total. The molecule has 1 unspecified atom stereocenters. The van der Waals surface area contributed by atoms with Gasteiger partial charge in [-0.15, -0.1) is 0 Å². The molecule has 1 aliphatic carbocycles. The number of nitrogens with one attached hydrogen (secondary N) is 1. The second-order valence-corrected chi connectivity index (χ2v) is 6.03. The van der Waals surface area contributed by atoms with Crippen molar-refractivity contribution >= 4 is 0 Å². The number of benzene rings is 1. The molecule has 2 aliphatic rings. The van der Waals surface area contributed by atoms with Crippen molar-refractivity contribution < 1.29 is 9.47 Å². The van der Waals surface area contributed by atoms with Gasteiger partial charge in [0.25, 0.3) is 0 Å². The van der Waals surface area contributed by atoms with Gasteiger partial charge in [-0.05, 0) is 38.2 Å². The monoisotopic (exact) mass is 275 g/mol. The topological polar surface area (TPSA) is 30.5 Å². The maximum Gasteiger partial charge on any atom is 0.0953 e. The molecule has 1 heterocycles. The second-order valence-electron chi connectivity index (χ2n) is 6.03. The van der Waals surface area contributed by atoms with E-state index in [9.17, 15) is 0 Å². The SMILES string of the molecule is Cc1cccc(C(CNC2CC2)OC2CCOCC2)c1. The van der Waals surface area contributed by atoms with Crippen molar-refractivity contribution in [2.45, 2.75) is 50.9 Å². The van der Waals surface area contributed by atoms with Crippen molar-refractivity contribution in [2.24, 2.45) is 0 Å². The molecule has 110 valence electrons. The molecule has 3 nitrogen and oxygen atoms in total. The van der Waals surface area contributed by atoms with Crippen molar-refractivity contribution in [3.8, 4) is 0 Å². The predicted octanol–water partition coefficient (Wildman–Crippen LogP) is 2.98. The van der Waals surface area contributed by atoms with Crippen molar-refractivity contribution in [2.75, 3.05) is 19.8 Å². The summed E-state index contributed by atoms with van der Waals surface area (Å²) in [5, 5.41) is 3.61. The van der Waals surface area contributed by atoms with Gasteiger partial charge in [-0.1, -0.05) is 29.8 Å². The van der Waals surface area contributed by atoms with Crippen LogP contribution in [0.3, 0.4) is 0 Å². The van der Waals surface area contributed by atoms with E-state index in [4.69, 9.17) is 9.47 Å². The highest BCUT2D eigenvalue weighted by Gasteiger charge is 2.25. The van der Waals surface area contributed by atoms with Gasteiger partial charge in [0.05, 0.1) is 12.2 Å². The summed E-state index contributed by atoms with van der Waals surface area (Å²) >= 11 is 0. The predicted molar refractivity (Wildman–Crippen MR) is 79.9 cm³/mol. The third-order valence-electron chi connectivity index (χ3n) is 4.11. The summed E-state index contributed by atoms with van der Waals surface area (Å²) in [6.45, 7) is 4.73. The Labute approximate surface area is 121 Å². The first kappa shape index (κ1) is 14.1. The van der Waals surface area contributed by atoms with Crippen LogP contribution >= 0.6 is 0 Å². The minimum Gasteiger partial charge on any atom is -0.381 e. The van der Waals surface area contributed by atoms with Crippen LogP contribution in [-0.2, 0) is 9.47 Å². The quantitative estimate of drug-likeness (QED) is 0.866. The first-order valence-electron chi connectivity index (χ1n) is 7.84. The average molecular weight is 275 g/mol. The van der Waals surface area contributed by atoms with Gasteiger partial charge < -0.3 is 14.8 Å². The van der Waals surface area contributed by atoms with E-state index in [0.717, 1.165) is 38.6 Å². The smallest absolute Gasteiger partial charge is 0.0953 e. The summed E-state index contributed by atoms with van der Waals surface area (Å²) in [5.74, 6) is 0. The van der Waals surface area contributed by atoms with Crippen LogP contribution in [0, 0.1) is 6.92 Å². The maximum absolute atomic E-state index is 6.37. The fraction of sp³-hybridized carbons (Fsp3) is 0.647. The molecule has 3 rings (SSSR count). The second kappa shape index (κ2) is 6.70. The zero-order valence-electron chi connectivity index (χ0n) is 12.3. The van der Waals surface area contributed by atoms with E-state index in [1.165, 1.54) is 24.0 Å². The van der Waals surface area contributed by atoms with Gasteiger partial charge in [-0.25, -0.2) is 0 Å². The van der Waals surface area contributed by atoms with E-state index in [1.807, 2.05) is 0 Å². The minimum absolute atomic E-state index is 0.165. The molecule has 0 bridgehead atoms. The van der Waals surface area contributed by atoms with Crippen LogP contribution in [0.4, 0.5) is 0 Å². The van der Waals surface area contributed by atoms with Gasteiger partial charge >= 0.3 is 0 Å². The van der Waals surface area contributed by atoms with Crippen molar-refractivity contribution in [3.05, 3.63) is 35.4 Å². The van der Waals surface area contributed by atoms with E-state index in [1.54, 1.807) is 0 Å². The third kappa shape index (κ3) is 4.05. The van der Waals surface area contributed by atoms with Gasteiger partial charge in [-0.2, -0.15) is 0 Å². The lowest BCUT2D eigenvalue weighted by Crippen LogP contribution is -2.31. The Balaban J connectivity index is 1.64. The summed E-state index contributed by atoms with van der Waals surface area (Å²) in [7, 11) is 0. The Morgan fingerprint density at radius 1 is 1.25 bits per heavy atom. The summed E-state index contributed by atoms with van der Waals surface area (Å²) < 4.78 is 11.8. The molecule has 1 saturated carbocycles. The summed E-state index contributed by atoms with van der Waals surface area (Å²) in [4.78, 5) is 0. The van der Waals surface area contributed by atoms with Crippen LogP contribution in [-0.4, -0.2) is 31.9 Å². The normalized spacial score (nSPS) is 21.9. The summed E-state index contributed by atoms with van der Waals surface area (Å²) in [6, 6.07) is 9.43. The first-order valence-corrected chi connectivity index (χ1v) is 7.84. The third-order valence-corrected chi connectivity index (χ3v) is 4.11. The van der Waals surface area contributed by atoms with Crippen LogP contribution in [0.25, 0.3) is 0 Å². The van der Waals surface area contributed by atoms with Gasteiger partial charge in [0.2, 0.25) is 0 Å². The Hall–Kier alpha value is -0.900. The highest BCUT2D eigenvalue weighted by Crippen LogP contribution is 2.25. The van der Waals surface area contributed by atoms with Crippen LogP contribution in [0.5, 0.6) is 0 Å². The number of ether oxygens (including phenoxy) is 2. The number of hydrogen-bond donors (Lipinski definition) is 1. The molecule has 3 heteroatoms. The zero-order chi connectivity index (χ0) is 13.8. The van der Waals surface area contributed by atoms with Gasteiger partial charge in [0.15, 0.2) is 0 Å². The zero-order valence-corrected chi connectivity index (χ0v) is 12.3. The molecule has 1 aliphatic heterocycles. The number of aryl methyl sites for hydroxylation is 1. The molecule has 2 fully saturated rings. The maximum atomic E-state index is 6.37. The lowest BCUT2D eigenvalue weighted by atomic mass is 10.1. The van der Waals surface area contributed by atoms with Crippen LogP contribution < -0.4 is 5.32 Å². The van der Waals surface area contributed by atoms with Gasteiger partial charge in [0.1, 0.15) is 0 Å². The molecule has 0 amide bonds. The van der Waals surface area contributed by atoms with E-state index in [2.05, 4.69) is 36.5 Å². The van der Waals surface area contributed by atoms with E-state index >= 15 is 0 Å². The highest BCUT2D eigenvalue weighted by atomic mass is 16.5. The highest BCUT2D eigenvalue weighted by molar-refractivity contribution is 5.24. The van der Waals surface area contributed by atoms with Crippen LogP contribution in [0.1, 0.15) is 42.9 Å². The molecule has 1 aromatic rings. The van der Waals surface area contributed by atoms with Crippen molar-refractivity contribution in [1.29, 1.82) is 0 Å². The lowest BCUT2D eigenvalue weighted by molar-refractivity contribution is -0.0690. The Bertz CT molecular complexity index is 425. The Morgan fingerprint density at radius 2 is 2.05 bits per heavy atom. The molecule has 0 spiro atoms. The molecule has 0 aromatic heterocycles. The van der Waals surface area contributed by atoms with E-state index < -0.39 is 0 Å². The number of rotatable bonds is 6. The average Bonchev–Trinajstić information content (AvgIpc) is 3.29. The fourth-order valence-electron chi connectivity index (χ4n) is 2.72. The minimum atomic E-state index is 0.165. The lowest BCUT2D eigenvalue weighted by Gasteiger charge is -2.28. The molecular weight excluding hydrogens is 250 g/mol. The van der Waals surface area contributed by atoms with E-state index in [0.29, 0.717) is 6.10 Å². The molecule has 0 radical (unpaired) electrons.